The predicted molar refractivity (Wildman–Crippen MR) is 135 cm³/mol. The van der Waals surface area contributed by atoms with Gasteiger partial charge < -0.3 is 21.1 Å². The lowest BCUT2D eigenvalue weighted by molar-refractivity contribution is -0.139. The summed E-state index contributed by atoms with van der Waals surface area (Å²) in [6, 6.07) is 13.4. The molecule has 8 nitrogen and oxygen atoms in total. The van der Waals surface area contributed by atoms with E-state index in [-0.39, 0.29) is 30.0 Å². The SMILES string of the molecule is CC(C)(NC(=O)c1ccc(C(=N)N)cc1)C(C(=O)N1CCC(CC(=O)O)CC1)c1ccc(Cl)cc1. The first kappa shape index (κ1) is 26.2. The molecule has 1 heterocycles. The Bertz CT molecular complexity index is 1090. The molecule has 5 N–H and O–H groups in total. The van der Waals surface area contributed by atoms with Gasteiger partial charge in [0.1, 0.15) is 5.84 Å². The van der Waals surface area contributed by atoms with E-state index < -0.39 is 17.4 Å². The number of hydrogen-bond donors (Lipinski definition) is 4. The molecule has 9 heteroatoms. The number of nitrogen functional groups attached to an aromatic ring is 1. The van der Waals surface area contributed by atoms with E-state index >= 15 is 0 Å². The van der Waals surface area contributed by atoms with Crippen molar-refractivity contribution in [1.29, 1.82) is 5.41 Å². The van der Waals surface area contributed by atoms with Crippen molar-refractivity contribution >= 4 is 35.2 Å². The summed E-state index contributed by atoms with van der Waals surface area (Å²) in [5.41, 5.74) is 6.17. The van der Waals surface area contributed by atoms with Crippen molar-refractivity contribution in [1.82, 2.24) is 10.2 Å². The molecule has 1 saturated heterocycles. The van der Waals surface area contributed by atoms with E-state index in [1.807, 2.05) is 13.8 Å². The van der Waals surface area contributed by atoms with E-state index in [1.165, 1.54) is 0 Å². The summed E-state index contributed by atoms with van der Waals surface area (Å²) in [5, 5.41) is 20.1. The van der Waals surface area contributed by atoms with Crippen LogP contribution in [0.2, 0.25) is 5.02 Å². The Morgan fingerprint density at radius 2 is 1.63 bits per heavy atom. The van der Waals surface area contributed by atoms with Gasteiger partial charge in [0.15, 0.2) is 0 Å². The van der Waals surface area contributed by atoms with E-state index in [0.29, 0.717) is 42.1 Å². The summed E-state index contributed by atoms with van der Waals surface area (Å²) in [4.78, 5) is 39.7. The Labute approximate surface area is 210 Å². The van der Waals surface area contributed by atoms with Crippen LogP contribution in [-0.2, 0) is 9.59 Å². The third kappa shape index (κ3) is 6.60. The number of amidine groups is 1. The highest BCUT2D eigenvalue weighted by Crippen LogP contribution is 2.33. The van der Waals surface area contributed by atoms with Crippen LogP contribution in [0.3, 0.4) is 0 Å². The van der Waals surface area contributed by atoms with Crippen LogP contribution in [0, 0.1) is 11.3 Å². The van der Waals surface area contributed by atoms with E-state index in [9.17, 15) is 14.4 Å². The third-order valence-electron chi connectivity index (χ3n) is 6.46. The first-order valence-corrected chi connectivity index (χ1v) is 11.9. The molecule has 0 saturated carbocycles. The van der Waals surface area contributed by atoms with Crippen LogP contribution in [-0.4, -0.2) is 52.3 Å². The summed E-state index contributed by atoms with van der Waals surface area (Å²) >= 11 is 6.08. The zero-order valence-electron chi connectivity index (χ0n) is 19.9. The number of piperidine rings is 1. The molecular weight excluding hydrogens is 468 g/mol. The van der Waals surface area contributed by atoms with Crippen LogP contribution >= 0.6 is 11.6 Å². The summed E-state index contributed by atoms with van der Waals surface area (Å²) in [6.45, 7) is 4.56. The summed E-state index contributed by atoms with van der Waals surface area (Å²) in [7, 11) is 0. The van der Waals surface area contributed by atoms with E-state index in [2.05, 4.69) is 5.32 Å². The highest BCUT2D eigenvalue weighted by molar-refractivity contribution is 6.30. The van der Waals surface area contributed by atoms with Crippen LogP contribution in [0.15, 0.2) is 48.5 Å². The van der Waals surface area contributed by atoms with Crippen molar-refractivity contribution in [2.45, 2.75) is 44.6 Å². The van der Waals surface area contributed by atoms with Gasteiger partial charge in [-0.1, -0.05) is 35.9 Å². The van der Waals surface area contributed by atoms with Gasteiger partial charge in [-0.2, -0.15) is 0 Å². The van der Waals surface area contributed by atoms with E-state index in [0.717, 1.165) is 5.56 Å². The molecule has 3 rings (SSSR count). The predicted octanol–water partition coefficient (Wildman–Crippen LogP) is 3.63. The summed E-state index contributed by atoms with van der Waals surface area (Å²) < 4.78 is 0. The lowest BCUT2D eigenvalue weighted by Gasteiger charge is -2.40. The molecule has 1 fully saturated rings. The Balaban J connectivity index is 1.83. The number of hydrogen-bond acceptors (Lipinski definition) is 4. The molecule has 2 aromatic carbocycles. The van der Waals surface area contributed by atoms with Gasteiger partial charge in [0.25, 0.3) is 5.91 Å². The first-order valence-electron chi connectivity index (χ1n) is 11.5. The maximum absolute atomic E-state index is 13.8. The number of carboxylic acids is 1. The molecule has 2 amide bonds. The van der Waals surface area contributed by atoms with Crippen LogP contribution in [0.25, 0.3) is 0 Å². The molecule has 0 aliphatic carbocycles. The van der Waals surface area contributed by atoms with E-state index in [1.54, 1.807) is 53.4 Å². The monoisotopic (exact) mass is 498 g/mol. The highest BCUT2D eigenvalue weighted by Gasteiger charge is 2.41. The summed E-state index contributed by atoms with van der Waals surface area (Å²) in [6.07, 6.45) is 1.36. The molecule has 1 unspecified atom stereocenters. The number of halogens is 1. The number of nitrogens with two attached hydrogens (primary N) is 1. The molecule has 0 bridgehead atoms. The van der Waals surface area contributed by atoms with Crippen molar-refractivity contribution in [3.05, 3.63) is 70.2 Å². The minimum absolute atomic E-state index is 0.0521. The second kappa shape index (κ2) is 10.9. The quantitative estimate of drug-likeness (QED) is 0.325. The van der Waals surface area contributed by atoms with Crippen LogP contribution in [0.5, 0.6) is 0 Å². The fraction of sp³-hybridized carbons (Fsp3) is 0.385. The van der Waals surface area contributed by atoms with E-state index in [4.69, 9.17) is 27.9 Å². The molecular formula is C26H31ClN4O4. The fourth-order valence-electron chi connectivity index (χ4n) is 4.55. The van der Waals surface area contributed by atoms with Gasteiger partial charge in [-0.05, 0) is 62.4 Å². The minimum Gasteiger partial charge on any atom is -0.481 e. The van der Waals surface area contributed by atoms with Gasteiger partial charge in [0, 0.05) is 35.7 Å². The smallest absolute Gasteiger partial charge is 0.303 e. The Morgan fingerprint density at radius 1 is 1.09 bits per heavy atom. The number of likely N-dealkylation sites (tertiary alicyclic amines) is 1. The average Bonchev–Trinajstić information content (AvgIpc) is 2.80. The number of nitrogens with zero attached hydrogens (tertiary/aromatic N) is 1. The second-order valence-electron chi connectivity index (χ2n) is 9.52. The molecule has 0 radical (unpaired) electrons. The lowest BCUT2D eigenvalue weighted by Crippen LogP contribution is -2.54. The topological polar surface area (TPSA) is 137 Å². The second-order valence-corrected chi connectivity index (χ2v) is 9.95. The van der Waals surface area contributed by atoms with Gasteiger partial charge in [-0.15, -0.1) is 0 Å². The zero-order chi connectivity index (χ0) is 25.8. The molecule has 0 spiro atoms. The first-order chi connectivity index (χ1) is 16.5. The molecule has 1 atom stereocenters. The number of aliphatic carboxylic acids is 1. The Morgan fingerprint density at radius 3 is 2.14 bits per heavy atom. The molecule has 1 aliphatic heterocycles. The fourth-order valence-corrected chi connectivity index (χ4v) is 4.67. The van der Waals surface area contributed by atoms with Gasteiger partial charge >= 0.3 is 5.97 Å². The number of nitrogens with one attached hydrogen (secondary N) is 2. The molecule has 2 aromatic rings. The number of carbonyl (C=O) groups is 3. The van der Waals surface area contributed by atoms with Crippen LogP contribution < -0.4 is 11.1 Å². The molecule has 0 aromatic heterocycles. The van der Waals surface area contributed by atoms with Gasteiger partial charge in [0.05, 0.1) is 11.5 Å². The minimum atomic E-state index is -0.959. The average molecular weight is 499 g/mol. The number of rotatable bonds is 8. The maximum Gasteiger partial charge on any atom is 0.303 e. The molecule has 186 valence electrons. The molecule has 1 aliphatic rings. The maximum atomic E-state index is 13.8. The summed E-state index contributed by atoms with van der Waals surface area (Å²) in [5.74, 6) is -2.02. The number of carboxylic acid groups (broad SMARTS) is 1. The van der Waals surface area contributed by atoms with Crippen LogP contribution in [0.4, 0.5) is 0 Å². The number of amides is 2. The number of carbonyl (C=O) groups excluding carboxylic acids is 2. The lowest BCUT2D eigenvalue weighted by atomic mass is 9.79. The Hall–Kier alpha value is -3.39. The van der Waals surface area contributed by atoms with Crippen molar-refractivity contribution in [3.63, 3.8) is 0 Å². The van der Waals surface area contributed by atoms with Gasteiger partial charge in [0.2, 0.25) is 5.91 Å². The van der Waals surface area contributed by atoms with Gasteiger partial charge in [-0.3, -0.25) is 19.8 Å². The van der Waals surface area contributed by atoms with Crippen molar-refractivity contribution in [2.75, 3.05) is 13.1 Å². The largest absolute Gasteiger partial charge is 0.481 e. The van der Waals surface area contributed by atoms with Crippen LogP contribution in [0.1, 0.15) is 60.5 Å². The third-order valence-corrected chi connectivity index (χ3v) is 6.71. The number of benzene rings is 2. The normalized spacial score (nSPS) is 15.3. The van der Waals surface area contributed by atoms with Crippen molar-refractivity contribution < 1.29 is 19.5 Å². The highest BCUT2D eigenvalue weighted by atomic mass is 35.5. The van der Waals surface area contributed by atoms with Crippen molar-refractivity contribution in [2.24, 2.45) is 11.7 Å². The van der Waals surface area contributed by atoms with Gasteiger partial charge in [-0.25, -0.2) is 0 Å². The standard InChI is InChI=1S/C26H31ClN4O4/c1-26(2,30-24(34)19-5-3-18(4-6-19)23(28)29)22(17-7-9-20(27)10-8-17)25(35)31-13-11-16(12-14-31)15-21(32)33/h3-10,16,22H,11-15H2,1-2H3,(H3,28,29)(H,30,34)(H,32,33). The Kier molecular flexibility index (Phi) is 8.17. The van der Waals surface area contributed by atoms with Crippen molar-refractivity contribution in [3.8, 4) is 0 Å². The zero-order valence-corrected chi connectivity index (χ0v) is 20.6. The molecule has 35 heavy (non-hydrogen) atoms.